The van der Waals surface area contributed by atoms with E-state index in [9.17, 15) is 9.59 Å². The van der Waals surface area contributed by atoms with E-state index < -0.39 is 0 Å². The number of carbonyl (C=O) groups excluding carboxylic acids is 2. The van der Waals surface area contributed by atoms with E-state index in [1.807, 2.05) is 9.80 Å². The first-order chi connectivity index (χ1) is 12.1. The van der Waals surface area contributed by atoms with Crippen molar-refractivity contribution >= 4 is 11.8 Å². The molecular formula is C19H28N4O2. The zero-order chi connectivity index (χ0) is 17.8. The summed E-state index contributed by atoms with van der Waals surface area (Å²) < 4.78 is 0. The lowest BCUT2D eigenvalue weighted by atomic mass is 9.99. The lowest BCUT2D eigenvalue weighted by Crippen LogP contribution is -2.48. The van der Waals surface area contributed by atoms with E-state index in [2.05, 4.69) is 23.7 Å². The number of likely N-dealkylation sites (tertiary alicyclic amines) is 1. The van der Waals surface area contributed by atoms with Crippen LogP contribution in [0.15, 0.2) is 18.3 Å². The smallest absolute Gasteiger partial charge is 0.272 e. The van der Waals surface area contributed by atoms with Gasteiger partial charge in [-0.25, -0.2) is 0 Å². The van der Waals surface area contributed by atoms with Crippen molar-refractivity contribution in [1.82, 2.24) is 19.7 Å². The van der Waals surface area contributed by atoms with Crippen molar-refractivity contribution in [2.75, 3.05) is 45.8 Å². The Morgan fingerprint density at radius 1 is 1.12 bits per heavy atom. The van der Waals surface area contributed by atoms with E-state index in [-0.39, 0.29) is 11.8 Å². The van der Waals surface area contributed by atoms with Crippen LogP contribution in [0.4, 0.5) is 0 Å². The summed E-state index contributed by atoms with van der Waals surface area (Å²) in [5.41, 5.74) is 0.945. The lowest BCUT2D eigenvalue weighted by molar-refractivity contribution is 0.0637. The molecule has 2 saturated heterocycles. The molecule has 3 heterocycles. The third-order valence-electron chi connectivity index (χ3n) is 5.28. The minimum atomic E-state index is -0.0718. The van der Waals surface area contributed by atoms with Gasteiger partial charge in [0.05, 0.1) is 0 Å². The van der Waals surface area contributed by atoms with Gasteiger partial charge in [-0.2, -0.15) is 0 Å². The van der Waals surface area contributed by atoms with Crippen molar-refractivity contribution in [1.29, 1.82) is 0 Å². The van der Waals surface area contributed by atoms with E-state index in [0.29, 0.717) is 17.2 Å². The molecule has 0 saturated carbocycles. The molecule has 0 aliphatic carbocycles. The van der Waals surface area contributed by atoms with Crippen molar-refractivity contribution < 1.29 is 9.59 Å². The summed E-state index contributed by atoms with van der Waals surface area (Å²) in [6.45, 7) is 10.1. The molecule has 1 aromatic heterocycles. The molecule has 6 nitrogen and oxygen atoms in total. The highest BCUT2D eigenvalue weighted by Gasteiger charge is 2.25. The Kier molecular flexibility index (Phi) is 5.68. The lowest BCUT2D eigenvalue weighted by Gasteiger charge is -2.34. The first-order valence-electron chi connectivity index (χ1n) is 9.35. The second-order valence-corrected chi connectivity index (χ2v) is 7.15. The Morgan fingerprint density at radius 3 is 2.56 bits per heavy atom. The molecule has 0 spiro atoms. The van der Waals surface area contributed by atoms with E-state index in [0.717, 1.165) is 52.2 Å². The predicted octanol–water partition coefficient (Wildman–Crippen LogP) is 1.73. The second-order valence-electron chi connectivity index (χ2n) is 7.15. The zero-order valence-electron chi connectivity index (χ0n) is 15.3. The van der Waals surface area contributed by atoms with Gasteiger partial charge in [0, 0.05) is 51.0 Å². The molecule has 1 unspecified atom stereocenters. The summed E-state index contributed by atoms with van der Waals surface area (Å²) in [5.74, 6) is 0.478. The average molecular weight is 344 g/mol. The summed E-state index contributed by atoms with van der Waals surface area (Å²) in [5, 5.41) is 0. The molecule has 136 valence electrons. The number of piperazine rings is 1. The molecular weight excluding hydrogens is 316 g/mol. The van der Waals surface area contributed by atoms with Crippen molar-refractivity contribution in [2.45, 2.75) is 26.7 Å². The number of nitrogens with zero attached hydrogens (tertiary/aromatic N) is 4. The van der Waals surface area contributed by atoms with Gasteiger partial charge in [0.15, 0.2) is 0 Å². The van der Waals surface area contributed by atoms with Gasteiger partial charge < -0.3 is 14.7 Å². The fourth-order valence-corrected chi connectivity index (χ4v) is 3.67. The van der Waals surface area contributed by atoms with E-state index in [1.165, 1.54) is 6.42 Å². The van der Waals surface area contributed by atoms with Gasteiger partial charge in [0.2, 0.25) is 0 Å². The van der Waals surface area contributed by atoms with Crippen LogP contribution in [0.25, 0.3) is 0 Å². The molecule has 2 fully saturated rings. The maximum Gasteiger partial charge on any atom is 0.272 e. The first kappa shape index (κ1) is 17.9. The normalized spacial score (nSPS) is 22.1. The van der Waals surface area contributed by atoms with Crippen molar-refractivity contribution in [2.24, 2.45) is 5.92 Å². The van der Waals surface area contributed by atoms with Gasteiger partial charge in [-0.1, -0.05) is 13.8 Å². The van der Waals surface area contributed by atoms with Crippen LogP contribution in [0.3, 0.4) is 0 Å². The third-order valence-corrected chi connectivity index (χ3v) is 5.28. The molecule has 0 N–H and O–H groups in total. The minimum Gasteiger partial charge on any atom is -0.338 e. The SMILES string of the molecule is CCN1CCN(C(=O)c2cc(C(=O)N3CCCC(C)C3)ccn2)CC1. The highest BCUT2D eigenvalue weighted by atomic mass is 16.2. The summed E-state index contributed by atoms with van der Waals surface area (Å²) >= 11 is 0. The van der Waals surface area contributed by atoms with Gasteiger partial charge in [-0.3, -0.25) is 14.6 Å². The number of hydrogen-bond acceptors (Lipinski definition) is 4. The Balaban J connectivity index is 1.68. The monoisotopic (exact) mass is 344 g/mol. The number of hydrogen-bond donors (Lipinski definition) is 0. The van der Waals surface area contributed by atoms with Gasteiger partial charge in [-0.05, 0) is 37.4 Å². The van der Waals surface area contributed by atoms with Crippen molar-refractivity contribution in [3.05, 3.63) is 29.6 Å². The Hall–Kier alpha value is -1.95. The first-order valence-corrected chi connectivity index (χ1v) is 9.35. The summed E-state index contributed by atoms with van der Waals surface area (Å²) in [6, 6.07) is 3.38. The molecule has 1 atom stereocenters. The topological polar surface area (TPSA) is 56.8 Å². The third kappa shape index (κ3) is 4.18. The fraction of sp³-hybridized carbons (Fsp3) is 0.632. The van der Waals surface area contributed by atoms with Crippen molar-refractivity contribution in [3.8, 4) is 0 Å². The highest BCUT2D eigenvalue weighted by molar-refractivity contribution is 5.98. The van der Waals surface area contributed by atoms with Crippen LogP contribution in [-0.2, 0) is 0 Å². The van der Waals surface area contributed by atoms with Crippen LogP contribution < -0.4 is 0 Å². The molecule has 2 amide bonds. The van der Waals surface area contributed by atoms with Crippen LogP contribution in [0.2, 0.25) is 0 Å². The van der Waals surface area contributed by atoms with Gasteiger partial charge in [0.25, 0.3) is 11.8 Å². The van der Waals surface area contributed by atoms with Crippen LogP contribution >= 0.6 is 0 Å². The van der Waals surface area contributed by atoms with Crippen molar-refractivity contribution in [3.63, 3.8) is 0 Å². The fourth-order valence-electron chi connectivity index (χ4n) is 3.67. The van der Waals surface area contributed by atoms with Crippen LogP contribution in [-0.4, -0.2) is 77.3 Å². The number of pyridine rings is 1. The van der Waals surface area contributed by atoms with Crippen LogP contribution in [0, 0.1) is 5.92 Å². The van der Waals surface area contributed by atoms with E-state index >= 15 is 0 Å². The number of carbonyl (C=O) groups is 2. The zero-order valence-corrected chi connectivity index (χ0v) is 15.3. The molecule has 25 heavy (non-hydrogen) atoms. The molecule has 2 aliphatic rings. The summed E-state index contributed by atoms with van der Waals surface area (Å²) in [4.78, 5) is 35.8. The van der Waals surface area contributed by atoms with Gasteiger partial charge in [0.1, 0.15) is 5.69 Å². The number of amides is 2. The Labute approximate surface area is 149 Å². The molecule has 0 aromatic carbocycles. The molecule has 0 radical (unpaired) electrons. The van der Waals surface area contributed by atoms with Gasteiger partial charge >= 0.3 is 0 Å². The van der Waals surface area contributed by atoms with E-state index in [4.69, 9.17) is 0 Å². The van der Waals surface area contributed by atoms with Gasteiger partial charge in [-0.15, -0.1) is 0 Å². The Morgan fingerprint density at radius 2 is 1.88 bits per heavy atom. The van der Waals surface area contributed by atoms with E-state index in [1.54, 1.807) is 18.3 Å². The second kappa shape index (κ2) is 7.95. The average Bonchev–Trinajstić information content (AvgIpc) is 2.67. The Bertz CT molecular complexity index is 626. The standard InChI is InChI=1S/C19H28N4O2/c1-3-21-9-11-22(12-10-21)19(25)17-13-16(6-7-20-17)18(24)23-8-4-5-15(2)14-23/h6-7,13,15H,3-5,8-12,14H2,1-2H3. The molecule has 6 heteroatoms. The summed E-state index contributed by atoms with van der Waals surface area (Å²) in [6.07, 6.45) is 3.80. The van der Waals surface area contributed by atoms with Crippen LogP contribution in [0.1, 0.15) is 47.5 Å². The maximum atomic E-state index is 12.7. The predicted molar refractivity (Wildman–Crippen MR) is 96.6 cm³/mol. The number of aromatic nitrogens is 1. The quantitative estimate of drug-likeness (QED) is 0.838. The molecule has 0 bridgehead atoms. The summed E-state index contributed by atoms with van der Waals surface area (Å²) in [7, 11) is 0. The largest absolute Gasteiger partial charge is 0.338 e. The highest BCUT2D eigenvalue weighted by Crippen LogP contribution is 2.18. The van der Waals surface area contributed by atoms with Crippen LogP contribution in [0.5, 0.6) is 0 Å². The maximum absolute atomic E-state index is 12.7. The number of rotatable bonds is 3. The molecule has 2 aliphatic heterocycles. The molecule has 1 aromatic rings. The number of piperidine rings is 1. The molecule has 3 rings (SSSR count). The minimum absolute atomic E-state index is 0.0128. The number of likely N-dealkylation sites (N-methyl/N-ethyl adjacent to an activating group) is 1.